The number of carbonyl (C=O) groups is 2. The molecule has 0 spiro atoms. The first kappa shape index (κ1) is 16.2. The third kappa shape index (κ3) is 5.03. The predicted octanol–water partition coefficient (Wildman–Crippen LogP) is 1.65. The minimum Gasteiger partial charge on any atom is -0.480 e. The van der Waals surface area contributed by atoms with Gasteiger partial charge in [0.15, 0.2) is 0 Å². The summed E-state index contributed by atoms with van der Waals surface area (Å²) < 4.78 is 1.76. The fourth-order valence-corrected chi connectivity index (χ4v) is 2.04. The Labute approximate surface area is 119 Å². The fraction of sp³-hybridized carbons (Fsp3) is 0.643. The number of nitrogens with one attached hydrogen (secondary N) is 1. The highest BCUT2D eigenvalue weighted by atomic mass is 16.4. The number of amides is 1. The number of carboxylic acid groups (broad SMARTS) is 1. The van der Waals surface area contributed by atoms with Crippen molar-refractivity contribution in [1.29, 1.82) is 0 Å². The monoisotopic (exact) mass is 281 g/mol. The van der Waals surface area contributed by atoms with Gasteiger partial charge in [-0.15, -0.1) is 0 Å². The SMILES string of the molecule is CCCCC(NC(=O)CCn1nc(C)cc1C)C(=O)O. The lowest BCUT2D eigenvalue weighted by atomic mass is 10.1. The lowest BCUT2D eigenvalue weighted by molar-refractivity contribution is -0.142. The van der Waals surface area contributed by atoms with Crippen LogP contribution in [0.4, 0.5) is 0 Å². The van der Waals surface area contributed by atoms with Crippen molar-refractivity contribution in [2.45, 2.75) is 59.0 Å². The molecule has 1 atom stereocenters. The number of rotatable bonds is 8. The van der Waals surface area contributed by atoms with Gasteiger partial charge in [-0.2, -0.15) is 5.10 Å². The zero-order valence-corrected chi connectivity index (χ0v) is 12.3. The molecule has 1 amide bonds. The first-order chi connectivity index (χ1) is 9.43. The number of nitrogens with zero attached hydrogens (tertiary/aromatic N) is 2. The maximum Gasteiger partial charge on any atom is 0.326 e. The van der Waals surface area contributed by atoms with Gasteiger partial charge in [0.1, 0.15) is 6.04 Å². The van der Waals surface area contributed by atoms with Crippen molar-refractivity contribution in [3.8, 4) is 0 Å². The van der Waals surface area contributed by atoms with Crippen LogP contribution in [-0.2, 0) is 16.1 Å². The van der Waals surface area contributed by atoms with Gasteiger partial charge in [0.2, 0.25) is 5.91 Å². The minimum absolute atomic E-state index is 0.234. The number of aliphatic carboxylic acids is 1. The van der Waals surface area contributed by atoms with Gasteiger partial charge in [-0.3, -0.25) is 9.48 Å². The molecule has 1 heterocycles. The van der Waals surface area contributed by atoms with Gasteiger partial charge in [-0.1, -0.05) is 19.8 Å². The van der Waals surface area contributed by atoms with Crippen LogP contribution in [0.3, 0.4) is 0 Å². The molecule has 0 saturated carbocycles. The lowest BCUT2D eigenvalue weighted by Crippen LogP contribution is -2.41. The van der Waals surface area contributed by atoms with Crippen LogP contribution < -0.4 is 5.32 Å². The zero-order chi connectivity index (χ0) is 15.1. The summed E-state index contributed by atoms with van der Waals surface area (Å²) in [5.74, 6) is -1.22. The van der Waals surface area contributed by atoms with Crippen LogP contribution in [0.1, 0.15) is 44.0 Å². The molecule has 0 aliphatic carbocycles. The summed E-state index contributed by atoms with van der Waals surface area (Å²) in [6.07, 6.45) is 2.40. The van der Waals surface area contributed by atoms with Crippen molar-refractivity contribution < 1.29 is 14.7 Å². The summed E-state index contributed by atoms with van der Waals surface area (Å²) in [6.45, 7) is 6.28. The van der Waals surface area contributed by atoms with E-state index in [-0.39, 0.29) is 12.3 Å². The molecular weight excluding hydrogens is 258 g/mol. The molecular formula is C14H23N3O3. The first-order valence-electron chi connectivity index (χ1n) is 6.97. The van der Waals surface area contributed by atoms with E-state index in [9.17, 15) is 9.59 Å². The Kier molecular flexibility index (Phi) is 6.21. The molecule has 1 rings (SSSR count). The summed E-state index contributed by atoms with van der Waals surface area (Å²) in [5, 5.41) is 15.9. The summed E-state index contributed by atoms with van der Waals surface area (Å²) in [5.41, 5.74) is 1.91. The van der Waals surface area contributed by atoms with Gasteiger partial charge in [0.05, 0.1) is 5.69 Å². The first-order valence-corrected chi connectivity index (χ1v) is 6.97. The molecule has 1 unspecified atom stereocenters. The largest absolute Gasteiger partial charge is 0.480 e. The summed E-state index contributed by atoms with van der Waals surface area (Å²) in [4.78, 5) is 22.8. The Morgan fingerprint density at radius 1 is 1.45 bits per heavy atom. The number of hydrogen-bond donors (Lipinski definition) is 2. The maximum absolute atomic E-state index is 11.8. The van der Waals surface area contributed by atoms with Crippen molar-refractivity contribution in [2.24, 2.45) is 0 Å². The van der Waals surface area contributed by atoms with Gasteiger partial charge in [-0.25, -0.2) is 4.79 Å². The molecule has 0 saturated heterocycles. The Morgan fingerprint density at radius 2 is 2.15 bits per heavy atom. The van der Waals surface area contributed by atoms with E-state index >= 15 is 0 Å². The molecule has 0 aromatic carbocycles. The smallest absolute Gasteiger partial charge is 0.326 e. The maximum atomic E-state index is 11.8. The number of unbranched alkanes of at least 4 members (excludes halogenated alkanes) is 1. The number of carboxylic acids is 1. The van der Waals surface area contributed by atoms with Crippen LogP contribution in [0.25, 0.3) is 0 Å². The number of aryl methyl sites for hydroxylation is 3. The van der Waals surface area contributed by atoms with Gasteiger partial charge in [0, 0.05) is 18.7 Å². The fourth-order valence-electron chi connectivity index (χ4n) is 2.04. The van der Waals surface area contributed by atoms with Crippen molar-refractivity contribution in [3.05, 3.63) is 17.5 Å². The van der Waals surface area contributed by atoms with Crippen LogP contribution in [0, 0.1) is 13.8 Å². The number of carbonyl (C=O) groups excluding carboxylic acids is 1. The third-order valence-corrected chi connectivity index (χ3v) is 3.13. The van der Waals surface area contributed by atoms with E-state index in [2.05, 4.69) is 10.4 Å². The predicted molar refractivity (Wildman–Crippen MR) is 75.4 cm³/mol. The molecule has 2 N–H and O–H groups in total. The van der Waals surface area contributed by atoms with Crippen LogP contribution in [0.15, 0.2) is 6.07 Å². The topological polar surface area (TPSA) is 84.2 Å². The Morgan fingerprint density at radius 3 is 2.65 bits per heavy atom. The second kappa shape index (κ2) is 7.67. The molecule has 20 heavy (non-hydrogen) atoms. The molecule has 6 nitrogen and oxygen atoms in total. The molecule has 0 aliphatic rings. The molecule has 0 bridgehead atoms. The molecule has 0 aliphatic heterocycles. The van der Waals surface area contributed by atoms with E-state index in [1.807, 2.05) is 26.8 Å². The van der Waals surface area contributed by atoms with E-state index in [1.54, 1.807) is 4.68 Å². The summed E-state index contributed by atoms with van der Waals surface area (Å²) >= 11 is 0. The van der Waals surface area contributed by atoms with Crippen molar-refractivity contribution in [3.63, 3.8) is 0 Å². The molecule has 6 heteroatoms. The van der Waals surface area contributed by atoms with Crippen LogP contribution >= 0.6 is 0 Å². The Hall–Kier alpha value is -1.85. The third-order valence-electron chi connectivity index (χ3n) is 3.13. The van der Waals surface area contributed by atoms with Gasteiger partial charge in [-0.05, 0) is 26.3 Å². The average Bonchev–Trinajstić information content (AvgIpc) is 2.70. The van der Waals surface area contributed by atoms with Gasteiger partial charge >= 0.3 is 5.97 Å². The minimum atomic E-state index is -0.974. The number of hydrogen-bond acceptors (Lipinski definition) is 3. The Balaban J connectivity index is 2.45. The van der Waals surface area contributed by atoms with Crippen LogP contribution in [0.5, 0.6) is 0 Å². The van der Waals surface area contributed by atoms with E-state index in [1.165, 1.54) is 0 Å². The van der Waals surface area contributed by atoms with Gasteiger partial charge < -0.3 is 10.4 Å². The average molecular weight is 281 g/mol. The molecule has 0 radical (unpaired) electrons. The highest BCUT2D eigenvalue weighted by molar-refractivity contribution is 5.83. The molecule has 1 aromatic rings. The molecule has 112 valence electrons. The number of aromatic nitrogens is 2. The quantitative estimate of drug-likeness (QED) is 0.759. The normalized spacial score (nSPS) is 12.2. The highest BCUT2D eigenvalue weighted by Gasteiger charge is 2.19. The van der Waals surface area contributed by atoms with E-state index in [4.69, 9.17) is 5.11 Å². The molecule has 1 aromatic heterocycles. The van der Waals surface area contributed by atoms with Crippen molar-refractivity contribution in [1.82, 2.24) is 15.1 Å². The zero-order valence-electron chi connectivity index (χ0n) is 12.3. The standard InChI is InChI=1S/C14H23N3O3/c1-4-5-6-12(14(19)20)15-13(18)7-8-17-11(3)9-10(2)16-17/h9,12H,4-8H2,1-3H3,(H,15,18)(H,19,20). The lowest BCUT2D eigenvalue weighted by Gasteiger charge is -2.14. The van der Waals surface area contributed by atoms with Crippen LogP contribution in [-0.4, -0.2) is 32.8 Å². The second-order valence-electron chi connectivity index (χ2n) is 5.00. The second-order valence-corrected chi connectivity index (χ2v) is 5.00. The summed E-state index contributed by atoms with van der Waals surface area (Å²) in [7, 11) is 0. The van der Waals surface area contributed by atoms with E-state index in [0.717, 1.165) is 24.2 Å². The van der Waals surface area contributed by atoms with Crippen LogP contribution in [0.2, 0.25) is 0 Å². The van der Waals surface area contributed by atoms with Gasteiger partial charge in [0.25, 0.3) is 0 Å². The van der Waals surface area contributed by atoms with Crippen molar-refractivity contribution in [2.75, 3.05) is 0 Å². The Bertz CT molecular complexity index is 468. The summed E-state index contributed by atoms with van der Waals surface area (Å²) in [6, 6.07) is 1.15. The molecule has 0 fully saturated rings. The van der Waals surface area contributed by atoms with E-state index < -0.39 is 12.0 Å². The van der Waals surface area contributed by atoms with E-state index in [0.29, 0.717) is 13.0 Å². The van der Waals surface area contributed by atoms with Crippen molar-refractivity contribution >= 4 is 11.9 Å². The highest BCUT2D eigenvalue weighted by Crippen LogP contribution is 2.04.